The number of anilines is 2. The number of aromatic nitrogens is 1. The Hall–Kier alpha value is -1.88. The average molecular weight is 220 g/mol. The van der Waals surface area contributed by atoms with Gasteiger partial charge in [-0.25, -0.2) is 4.98 Å². The van der Waals surface area contributed by atoms with Gasteiger partial charge in [0.2, 0.25) is 5.91 Å². The summed E-state index contributed by atoms with van der Waals surface area (Å²) < 4.78 is 0. The number of carbonyl (C=O) groups is 1. The van der Waals surface area contributed by atoms with E-state index in [0.717, 1.165) is 5.69 Å². The Morgan fingerprint density at radius 2 is 2.31 bits per heavy atom. The second-order valence-corrected chi connectivity index (χ2v) is 3.42. The van der Waals surface area contributed by atoms with Gasteiger partial charge < -0.3 is 16.0 Å². The lowest BCUT2D eigenvalue weighted by atomic mass is 10.4. The molecule has 0 saturated heterocycles. The summed E-state index contributed by atoms with van der Waals surface area (Å²) in [5.74, 6) is 0.299. The highest BCUT2D eigenvalue weighted by molar-refractivity contribution is 5.98. The molecule has 1 aromatic rings. The Labute approximate surface area is 95.0 Å². The number of amides is 1. The minimum atomic E-state index is -0.226. The molecular weight excluding hydrogens is 204 g/mol. The van der Waals surface area contributed by atoms with E-state index in [0.29, 0.717) is 12.4 Å². The van der Waals surface area contributed by atoms with Crippen molar-refractivity contribution >= 4 is 17.4 Å². The number of nitrogens with zero attached hydrogens (tertiary/aromatic N) is 2. The SMILES string of the molecule is CN(C)c1ccc(NC(=O)/C=C/CN)nc1. The van der Waals surface area contributed by atoms with E-state index in [-0.39, 0.29) is 5.91 Å². The lowest BCUT2D eigenvalue weighted by Crippen LogP contribution is -2.12. The van der Waals surface area contributed by atoms with Crippen molar-refractivity contribution < 1.29 is 4.79 Å². The summed E-state index contributed by atoms with van der Waals surface area (Å²) in [4.78, 5) is 17.3. The van der Waals surface area contributed by atoms with E-state index in [2.05, 4.69) is 10.3 Å². The highest BCUT2D eigenvalue weighted by atomic mass is 16.1. The summed E-state index contributed by atoms with van der Waals surface area (Å²) >= 11 is 0. The average Bonchev–Trinajstić information content (AvgIpc) is 2.27. The standard InChI is InChI=1S/C11H16N4O/c1-15(2)9-5-6-10(13-8-9)14-11(16)4-3-7-12/h3-6,8H,7,12H2,1-2H3,(H,13,14,16)/b4-3+. The molecule has 1 heterocycles. The number of nitrogens with two attached hydrogens (primary N) is 1. The van der Waals surface area contributed by atoms with Crippen LogP contribution < -0.4 is 16.0 Å². The van der Waals surface area contributed by atoms with Crippen LogP contribution in [0.5, 0.6) is 0 Å². The van der Waals surface area contributed by atoms with E-state index in [1.54, 1.807) is 18.3 Å². The molecule has 0 aliphatic carbocycles. The maximum absolute atomic E-state index is 11.3. The molecule has 1 amide bonds. The fourth-order valence-electron chi connectivity index (χ4n) is 1.07. The maximum Gasteiger partial charge on any atom is 0.249 e. The molecule has 86 valence electrons. The van der Waals surface area contributed by atoms with Crippen molar-refractivity contribution in [2.75, 3.05) is 30.9 Å². The zero-order chi connectivity index (χ0) is 12.0. The summed E-state index contributed by atoms with van der Waals surface area (Å²) in [5, 5.41) is 2.63. The van der Waals surface area contributed by atoms with Crippen LogP contribution in [0.1, 0.15) is 0 Å². The van der Waals surface area contributed by atoms with Gasteiger partial charge in [0, 0.05) is 26.7 Å². The molecule has 0 aromatic carbocycles. The van der Waals surface area contributed by atoms with E-state index in [1.807, 2.05) is 25.1 Å². The van der Waals surface area contributed by atoms with Crippen molar-refractivity contribution in [3.8, 4) is 0 Å². The summed E-state index contributed by atoms with van der Waals surface area (Å²) in [6.07, 6.45) is 4.67. The molecule has 1 aromatic heterocycles. The summed E-state index contributed by atoms with van der Waals surface area (Å²) in [6, 6.07) is 3.64. The molecule has 0 aliphatic heterocycles. The van der Waals surface area contributed by atoms with Crippen LogP contribution in [0.4, 0.5) is 11.5 Å². The summed E-state index contributed by atoms with van der Waals surface area (Å²) in [6.45, 7) is 0.348. The first-order valence-electron chi connectivity index (χ1n) is 4.94. The Morgan fingerprint density at radius 3 is 2.81 bits per heavy atom. The van der Waals surface area contributed by atoms with Crippen molar-refractivity contribution in [2.45, 2.75) is 0 Å². The van der Waals surface area contributed by atoms with E-state index in [1.165, 1.54) is 6.08 Å². The second kappa shape index (κ2) is 5.87. The molecule has 5 heteroatoms. The zero-order valence-electron chi connectivity index (χ0n) is 9.47. The number of pyridine rings is 1. The first kappa shape index (κ1) is 12.2. The number of carbonyl (C=O) groups excluding carboxylic acids is 1. The molecule has 5 nitrogen and oxygen atoms in total. The molecule has 16 heavy (non-hydrogen) atoms. The maximum atomic E-state index is 11.3. The summed E-state index contributed by atoms with van der Waals surface area (Å²) in [7, 11) is 3.86. The van der Waals surface area contributed by atoms with Gasteiger partial charge in [0.25, 0.3) is 0 Å². The van der Waals surface area contributed by atoms with Crippen LogP contribution in [-0.4, -0.2) is 31.5 Å². The van der Waals surface area contributed by atoms with Crippen LogP contribution in [0, 0.1) is 0 Å². The van der Waals surface area contributed by atoms with Crippen LogP contribution in [0.2, 0.25) is 0 Å². The van der Waals surface area contributed by atoms with Gasteiger partial charge in [0.05, 0.1) is 11.9 Å². The van der Waals surface area contributed by atoms with E-state index >= 15 is 0 Å². The lowest BCUT2D eigenvalue weighted by molar-refractivity contribution is -0.111. The lowest BCUT2D eigenvalue weighted by Gasteiger charge is -2.11. The van der Waals surface area contributed by atoms with Crippen molar-refractivity contribution in [1.82, 2.24) is 4.98 Å². The van der Waals surface area contributed by atoms with Gasteiger partial charge in [-0.15, -0.1) is 0 Å². The van der Waals surface area contributed by atoms with Crippen molar-refractivity contribution in [3.63, 3.8) is 0 Å². The number of hydrogen-bond donors (Lipinski definition) is 2. The Bertz CT molecular complexity index is 370. The molecule has 0 saturated carbocycles. The molecule has 0 aliphatic rings. The van der Waals surface area contributed by atoms with Crippen LogP contribution >= 0.6 is 0 Å². The minimum absolute atomic E-state index is 0.226. The van der Waals surface area contributed by atoms with Gasteiger partial charge in [-0.3, -0.25) is 4.79 Å². The first-order chi connectivity index (χ1) is 7.63. The predicted molar refractivity (Wildman–Crippen MR) is 65.4 cm³/mol. The Kier molecular flexibility index (Phi) is 4.47. The number of rotatable bonds is 4. The molecule has 0 fully saturated rings. The zero-order valence-corrected chi connectivity index (χ0v) is 9.47. The minimum Gasteiger partial charge on any atom is -0.376 e. The molecule has 3 N–H and O–H groups in total. The fraction of sp³-hybridized carbons (Fsp3) is 0.273. The quantitative estimate of drug-likeness (QED) is 0.729. The second-order valence-electron chi connectivity index (χ2n) is 3.42. The molecule has 0 unspecified atom stereocenters. The predicted octanol–water partition coefficient (Wildman–Crippen LogP) is 0.601. The van der Waals surface area contributed by atoms with Crippen LogP contribution in [0.15, 0.2) is 30.5 Å². The third-order valence-corrected chi connectivity index (χ3v) is 1.92. The van der Waals surface area contributed by atoms with E-state index in [9.17, 15) is 4.79 Å². The fourth-order valence-corrected chi connectivity index (χ4v) is 1.07. The summed E-state index contributed by atoms with van der Waals surface area (Å²) in [5.41, 5.74) is 6.22. The van der Waals surface area contributed by atoms with Gasteiger partial charge in [-0.2, -0.15) is 0 Å². The molecule has 1 rings (SSSR count). The highest BCUT2D eigenvalue weighted by Gasteiger charge is 1.99. The third-order valence-electron chi connectivity index (χ3n) is 1.92. The molecule has 0 atom stereocenters. The molecule has 0 bridgehead atoms. The normalized spacial score (nSPS) is 10.4. The van der Waals surface area contributed by atoms with Crippen molar-refractivity contribution in [1.29, 1.82) is 0 Å². The van der Waals surface area contributed by atoms with Gasteiger partial charge in [0.1, 0.15) is 5.82 Å². The molecule has 0 radical (unpaired) electrons. The van der Waals surface area contributed by atoms with Crippen molar-refractivity contribution in [3.05, 3.63) is 30.5 Å². The number of hydrogen-bond acceptors (Lipinski definition) is 4. The van der Waals surface area contributed by atoms with Crippen LogP contribution in [0.25, 0.3) is 0 Å². The van der Waals surface area contributed by atoms with Gasteiger partial charge in [-0.05, 0) is 12.1 Å². The monoisotopic (exact) mass is 220 g/mol. The first-order valence-corrected chi connectivity index (χ1v) is 4.94. The van der Waals surface area contributed by atoms with Gasteiger partial charge in [0.15, 0.2) is 0 Å². The topological polar surface area (TPSA) is 71.2 Å². The van der Waals surface area contributed by atoms with Crippen LogP contribution in [0.3, 0.4) is 0 Å². The Morgan fingerprint density at radius 1 is 1.56 bits per heavy atom. The highest BCUT2D eigenvalue weighted by Crippen LogP contribution is 2.11. The smallest absolute Gasteiger partial charge is 0.249 e. The largest absolute Gasteiger partial charge is 0.376 e. The van der Waals surface area contributed by atoms with Crippen LogP contribution in [-0.2, 0) is 4.79 Å². The molecular formula is C11H16N4O. The van der Waals surface area contributed by atoms with Gasteiger partial charge in [-0.1, -0.05) is 6.08 Å². The van der Waals surface area contributed by atoms with E-state index < -0.39 is 0 Å². The van der Waals surface area contributed by atoms with Gasteiger partial charge >= 0.3 is 0 Å². The van der Waals surface area contributed by atoms with E-state index in [4.69, 9.17) is 5.73 Å². The third kappa shape index (κ3) is 3.70. The Balaban J connectivity index is 2.62. The number of nitrogens with one attached hydrogen (secondary N) is 1. The molecule has 0 spiro atoms. The van der Waals surface area contributed by atoms with Crippen molar-refractivity contribution in [2.24, 2.45) is 5.73 Å².